The second-order valence-corrected chi connectivity index (χ2v) is 4.67. The molecule has 0 radical (unpaired) electrons. The van der Waals surface area contributed by atoms with Gasteiger partial charge in [-0.25, -0.2) is 4.39 Å². The van der Waals surface area contributed by atoms with Gasteiger partial charge in [0.15, 0.2) is 0 Å². The predicted octanol–water partition coefficient (Wildman–Crippen LogP) is 5.38. The number of benzene rings is 1. The third kappa shape index (κ3) is 4.98. The highest BCUT2D eigenvalue weighted by Gasteiger charge is 2.00. The lowest BCUT2D eigenvalue weighted by atomic mass is 10.1. The van der Waals surface area contributed by atoms with Crippen LogP contribution in [0, 0.1) is 5.82 Å². The zero-order chi connectivity index (χ0) is 11.8. The Bertz CT molecular complexity index is 310. The average molecular weight is 243 g/mol. The molecule has 0 fully saturated rings. The Morgan fingerprint density at radius 2 is 1.75 bits per heavy atom. The SMILES string of the molecule is CCCCCCCCc1ccc(Cl)c(F)c1. The predicted molar refractivity (Wildman–Crippen MR) is 68.5 cm³/mol. The van der Waals surface area contributed by atoms with Crippen molar-refractivity contribution in [1.29, 1.82) is 0 Å². The zero-order valence-corrected chi connectivity index (χ0v) is 10.7. The second-order valence-electron chi connectivity index (χ2n) is 4.27. The van der Waals surface area contributed by atoms with E-state index in [0.29, 0.717) is 0 Å². The summed E-state index contributed by atoms with van der Waals surface area (Å²) in [5.41, 5.74) is 1.05. The topological polar surface area (TPSA) is 0 Å². The van der Waals surface area contributed by atoms with Gasteiger partial charge in [0.05, 0.1) is 5.02 Å². The molecule has 0 atom stereocenters. The Kier molecular flexibility index (Phi) is 6.47. The van der Waals surface area contributed by atoms with Crippen LogP contribution in [-0.2, 0) is 6.42 Å². The lowest BCUT2D eigenvalue weighted by Crippen LogP contribution is -1.88. The van der Waals surface area contributed by atoms with E-state index in [1.165, 1.54) is 32.1 Å². The summed E-state index contributed by atoms with van der Waals surface area (Å²) in [6.07, 6.45) is 8.57. The molecule has 0 aliphatic rings. The van der Waals surface area contributed by atoms with Crippen LogP contribution in [0.25, 0.3) is 0 Å². The van der Waals surface area contributed by atoms with Gasteiger partial charge in [-0.1, -0.05) is 56.7 Å². The average Bonchev–Trinajstić information content (AvgIpc) is 2.28. The van der Waals surface area contributed by atoms with Gasteiger partial charge in [0.25, 0.3) is 0 Å². The van der Waals surface area contributed by atoms with Crippen LogP contribution < -0.4 is 0 Å². The van der Waals surface area contributed by atoms with Gasteiger partial charge >= 0.3 is 0 Å². The third-order valence-electron chi connectivity index (χ3n) is 2.80. The van der Waals surface area contributed by atoms with Crippen LogP contribution in [0.2, 0.25) is 5.02 Å². The summed E-state index contributed by atoms with van der Waals surface area (Å²) in [6, 6.07) is 5.11. The Morgan fingerprint density at radius 1 is 1.06 bits per heavy atom. The summed E-state index contributed by atoms with van der Waals surface area (Å²) in [7, 11) is 0. The zero-order valence-electron chi connectivity index (χ0n) is 9.94. The van der Waals surface area contributed by atoms with Gasteiger partial charge in [-0.15, -0.1) is 0 Å². The van der Waals surface area contributed by atoms with E-state index in [-0.39, 0.29) is 10.8 Å². The summed E-state index contributed by atoms with van der Waals surface area (Å²) in [5.74, 6) is -0.301. The van der Waals surface area contributed by atoms with Crippen LogP contribution >= 0.6 is 11.6 Å². The van der Waals surface area contributed by atoms with E-state index in [9.17, 15) is 4.39 Å². The maximum Gasteiger partial charge on any atom is 0.142 e. The summed E-state index contributed by atoms with van der Waals surface area (Å²) >= 11 is 5.62. The van der Waals surface area contributed by atoms with Crippen LogP contribution in [-0.4, -0.2) is 0 Å². The normalized spacial score (nSPS) is 10.7. The van der Waals surface area contributed by atoms with Crippen molar-refractivity contribution in [1.82, 2.24) is 0 Å². The summed E-state index contributed by atoms with van der Waals surface area (Å²) in [4.78, 5) is 0. The number of rotatable bonds is 7. The molecular formula is C14H20ClF. The first kappa shape index (κ1) is 13.5. The molecule has 0 aromatic heterocycles. The minimum absolute atomic E-state index is 0.215. The largest absolute Gasteiger partial charge is 0.205 e. The minimum atomic E-state index is -0.301. The molecule has 1 aromatic carbocycles. The first-order chi connectivity index (χ1) is 7.74. The van der Waals surface area contributed by atoms with Gasteiger partial charge in [0, 0.05) is 0 Å². The highest BCUT2D eigenvalue weighted by Crippen LogP contribution is 2.17. The molecule has 0 nitrogen and oxygen atoms in total. The summed E-state index contributed by atoms with van der Waals surface area (Å²) in [5, 5.41) is 0.215. The number of hydrogen-bond donors (Lipinski definition) is 0. The van der Waals surface area contributed by atoms with Crippen LogP contribution in [0.3, 0.4) is 0 Å². The Balaban J connectivity index is 2.19. The van der Waals surface area contributed by atoms with Gasteiger partial charge in [0.2, 0.25) is 0 Å². The van der Waals surface area contributed by atoms with Crippen molar-refractivity contribution < 1.29 is 4.39 Å². The van der Waals surface area contributed by atoms with Crippen molar-refractivity contribution in [3.05, 3.63) is 34.6 Å². The molecule has 1 aromatic rings. The van der Waals surface area contributed by atoms with Crippen molar-refractivity contribution in [3.63, 3.8) is 0 Å². The van der Waals surface area contributed by atoms with Gasteiger partial charge in [-0.3, -0.25) is 0 Å². The molecule has 0 N–H and O–H groups in total. The number of hydrogen-bond acceptors (Lipinski definition) is 0. The number of unbranched alkanes of at least 4 members (excludes halogenated alkanes) is 5. The highest BCUT2D eigenvalue weighted by atomic mass is 35.5. The molecular weight excluding hydrogens is 223 g/mol. The molecule has 16 heavy (non-hydrogen) atoms. The molecule has 0 unspecified atom stereocenters. The van der Waals surface area contributed by atoms with Gasteiger partial charge in [-0.05, 0) is 30.5 Å². The van der Waals surface area contributed by atoms with Gasteiger partial charge in [0.1, 0.15) is 5.82 Å². The van der Waals surface area contributed by atoms with E-state index in [0.717, 1.165) is 18.4 Å². The standard InChI is InChI=1S/C14H20ClF/c1-2-3-4-5-6-7-8-12-9-10-13(15)14(16)11-12/h9-11H,2-8H2,1H3. The Hall–Kier alpha value is -0.560. The lowest BCUT2D eigenvalue weighted by Gasteiger charge is -2.03. The van der Waals surface area contributed by atoms with E-state index in [1.807, 2.05) is 6.07 Å². The van der Waals surface area contributed by atoms with Gasteiger partial charge < -0.3 is 0 Å². The quantitative estimate of drug-likeness (QED) is 0.563. The molecule has 0 aliphatic heterocycles. The molecule has 90 valence electrons. The highest BCUT2D eigenvalue weighted by molar-refractivity contribution is 6.30. The Labute approximate surface area is 103 Å². The number of aryl methyl sites for hydroxylation is 1. The first-order valence-corrected chi connectivity index (χ1v) is 6.55. The van der Waals surface area contributed by atoms with E-state index in [2.05, 4.69) is 6.92 Å². The molecule has 0 heterocycles. The monoisotopic (exact) mass is 242 g/mol. The minimum Gasteiger partial charge on any atom is -0.205 e. The van der Waals surface area contributed by atoms with E-state index < -0.39 is 0 Å². The molecule has 0 bridgehead atoms. The maximum atomic E-state index is 13.1. The number of halogens is 2. The molecule has 0 saturated heterocycles. The fourth-order valence-corrected chi connectivity index (χ4v) is 1.92. The molecule has 0 aliphatic carbocycles. The van der Waals surface area contributed by atoms with Crippen molar-refractivity contribution in [3.8, 4) is 0 Å². The fraction of sp³-hybridized carbons (Fsp3) is 0.571. The van der Waals surface area contributed by atoms with Crippen LogP contribution in [0.15, 0.2) is 18.2 Å². The Morgan fingerprint density at radius 3 is 2.44 bits per heavy atom. The van der Waals surface area contributed by atoms with Crippen LogP contribution in [0.1, 0.15) is 51.0 Å². The molecule has 1 rings (SSSR count). The summed E-state index contributed by atoms with van der Waals surface area (Å²) in [6.45, 7) is 2.22. The summed E-state index contributed by atoms with van der Waals surface area (Å²) < 4.78 is 13.1. The molecule has 0 saturated carbocycles. The van der Waals surface area contributed by atoms with Gasteiger partial charge in [-0.2, -0.15) is 0 Å². The van der Waals surface area contributed by atoms with Crippen molar-refractivity contribution in [2.24, 2.45) is 0 Å². The van der Waals surface area contributed by atoms with Crippen LogP contribution in [0.4, 0.5) is 4.39 Å². The molecule has 0 amide bonds. The molecule has 2 heteroatoms. The smallest absolute Gasteiger partial charge is 0.142 e. The van der Waals surface area contributed by atoms with Crippen molar-refractivity contribution in [2.45, 2.75) is 51.9 Å². The van der Waals surface area contributed by atoms with Crippen LogP contribution in [0.5, 0.6) is 0 Å². The lowest BCUT2D eigenvalue weighted by molar-refractivity contribution is 0.602. The maximum absolute atomic E-state index is 13.1. The van der Waals surface area contributed by atoms with Crippen molar-refractivity contribution >= 4 is 11.6 Å². The second kappa shape index (κ2) is 7.67. The van der Waals surface area contributed by atoms with Crippen molar-refractivity contribution in [2.75, 3.05) is 0 Å². The van der Waals surface area contributed by atoms with E-state index in [1.54, 1.807) is 12.1 Å². The first-order valence-electron chi connectivity index (χ1n) is 6.18. The molecule has 0 spiro atoms. The van der Waals surface area contributed by atoms with E-state index >= 15 is 0 Å². The third-order valence-corrected chi connectivity index (χ3v) is 3.11. The fourth-order valence-electron chi connectivity index (χ4n) is 1.80. The van der Waals surface area contributed by atoms with E-state index in [4.69, 9.17) is 11.6 Å².